The van der Waals surface area contributed by atoms with Crippen LogP contribution < -0.4 is 4.90 Å². The quantitative estimate of drug-likeness (QED) is 0.741. The van der Waals surface area contributed by atoms with Gasteiger partial charge in [-0.25, -0.2) is 9.97 Å². The van der Waals surface area contributed by atoms with Crippen LogP contribution in [0.15, 0.2) is 0 Å². The number of aromatic nitrogens is 2. The highest BCUT2D eigenvalue weighted by atomic mass is 32.1. The smallest absolute Gasteiger partial charge is 0.146 e. The van der Waals surface area contributed by atoms with Crippen molar-refractivity contribution in [1.29, 1.82) is 0 Å². The lowest BCUT2D eigenvalue weighted by atomic mass is 9.89. The number of anilines is 1. The molecule has 3 heterocycles. The molecular weight excluding hydrogens is 380 g/mol. The number of ether oxygens (including phenoxy) is 1. The highest BCUT2D eigenvalue weighted by Crippen LogP contribution is 2.42. The molecule has 1 unspecified atom stereocenters. The maximum absolute atomic E-state index is 5.53. The molecule has 3 aliphatic rings. The van der Waals surface area contributed by atoms with Crippen LogP contribution in [-0.4, -0.2) is 54.3 Å². The summed E-state index contributed by atoms with van der Waals surface area (Å²) >= 11 is 1.94. The summed E-state index contributed by atoms with van der Waals surface area (Å²) in [6.45, 7) is 6.83. The predicted molar refractivity (Wildman–Crippen MR) is 120 cm³/mol. The van der Waals surface area contributed by atoms with Gasteiger partial charge in [-0.1, -0.05) is 26.2 Å². The van der Waals surface area contributed by atoms with Crippen molar-refractivity contribution in [2.75, 3.05) is 38.3 Å². The largest absolute Gasteiger partial charge is 0.379 e. The van der Waals surface area contributed by atoms with E-state index in [0.717, 1.165) is 44.6 Å². The highest BCUT2D eigenvalue weighted by molar-refractivity contribution is 7.19. The Morgan fingerprint density at radius 3 is 2.69 bits per heavy atom. The van der Waals surface area contributed by atoms with Crippen molar-refractivity contribution >= 4 is 27.4 Å². The molecule has 2 aliphatic carbocycles. The van der Waals surface area contributed by atoms with Crippen molar-refractivity contribution in [1.82, 2.24) is 14.9 Å². The van der Waals surface area contributed by atoms with Crippen molar-refractivity contribution in [3.05, 3.63) is 16.3 Å². The van der Waals surface area contributed by atoms with Crippen LogP contribution in [0.1, 0.15) is 61.7 Å². The number of aryl methyl sites for hydroxylation is 1. The van der Waals surface area contributed by atoms with E-state index in [1.165, 1.54) is 67.4 Å². The Kier molecular flexibility index (Phi) is 5.76. The van der Waals surface area contributed by atoms with Gasteiger partial charge in [-0.15, -0.1) is 11.3 Å². The number of morpholine rings is 1. The van der Waals surface area contributed by atoms with Crippen LogP contribution in [0.2, 0.25) is 0 Å². The van der Waals surface area contributed by atoms with Gasteiger partial charge in [0, 0.05) is 31.1 Å². The molecular formula is C23H34N4OS. The van der Waals surface area contributed by atoms with Crippen molar-refractivity contribution in [2.24, 2.45) is 5.92 Å². The molecule has 0 N–H and O–H groups in total. The van der Waals surface area contributed by atoms with E-state index in [1.807, 2.05) is 11.3 Å². The van der Waals surface area contributed by atoms with Gasteiger partial charge in [0.1, 0.15) is 16.5 Å². The van der Waals surface area contributed by atoms with Gasteiger partial charge in [0.15, 0.2) is 0 Å². The molecule has 1 atom stereocenters. The number of rotatable bonds is 4. The first-order valence-corrected chi connectivity index (χ1v) is 12.3. The van der Waals surface area contributed by atoms with Gasteiger partial charge in [0.05, 0.1) is 25.1 Å². The first kappa shape index (κ1) is 19.7. The van der Waals surface area contributed by atoms with E-state index in [0.29, 0.717) is 6.04 Å². The molecule has 2 aromatic heterocycles. The zero-order chi connectivity index (χ0) is 19.8. The molecule has 0 radical (unpaired) electrons. The number of thiophene rings is 1. The molecule has 6 heteroatoms. The Labute approximate surface area is 178 Å². The summed E-state index contributed by atoms with van der Waals surface area (Å²) in [5.74, 6) is 2.98. The topological polar surface area (TPSA) is 41.5 Å². The van der Waals surface area contributed by atoms with Crippen LogP contribution in [0.4, 0.5) is 5.82 Å². The number of hydrogen-bond donors (Lipinski definition) is 0. The fourth-order valence-corrected chi connectivity index (χ4v) is 6.69. The molecule has 0 spiro atoms. The summed E-state index contributed by atoms with van der Waals surface area (Å²) in [5.41, 5.74) is 1.55. The van der Waals surface area contributed by atoms with E-state index in [4.69, 9.17) is 14.7 Å². The Morgan fingerprint density at radius 2 is 1.90 bits per heavy atom. The maximum Gasteiger partial charge on any atom is 0.146 e. The lowest BCUT2D eigenvalue weighted by Crippen LogP contribution is -2.37. The van der Waals surface area contributed by atoms with Gasteiger partial charge in [-0.2, -0.15) is 0 Å². The maximum atomic E-state index is 5.53. The lowest BCUT2D eigenvalue weighted by Gasteiger charge is -2.33. The third-order valence-corrected chi connectivity index (χ3v) is 8.26. The molecule has 1 saturated heterocycles. The van der Waals surface area contributed by atoms with Crippen LogP contribution in [0.5, 0.6) is 0 Å². The average Bonchev–Trinajstić information content (AvgIpc) is 3.11. The monoisotopic (exact) mass is 414 g/mol. The zero-order valence-corrected chi connectivity index (χ0v) is 18.8. The molecule has 158 valence electrons. The van der Waals surface area contributed by atoms with Crippen molar-refractivity contribution in [3.8, 4) is 0 Å². The summed E-state index contributed by atoms with van der Waals surface area (Å²) in [5, 5.41) is 1.37. The molecule has 5 nitrogen and oxygen atoms in total. The van der Waals surface area contributed by atoms with Crippen LogP contribution >= 0.6 is 11.3 Å². The van der Waals surface area contributed by atoms with Crippen molar-refractivity contribution in [2.45, 2.75) is 70.9 Å². The second kappa shape index (κ2) is 8.48. The first-order chi connectivity index (χ1) is 14.2. The molecule has 1 saturated carbocycles. The Hall–Kier alpha value is -1.24. The van der Waals surface area contributed by atoms with Gasteiger partial charge in [-0.05, 0) is 43.6 Å². The molecule has 1 aliphatic heterocycles. The summed E-state index contributed by atoms with van der Waals surface area (Å²) in [6, 6.07) is 0.621. The number of hydrogen-bond acceptors (Lipinski definition) is 6. The summed E-state index contributed by atoms with van der Waals surface area (Å²) < 4.78 is 5.53. The molecule has 5 rings (SSSR count). The molecule has 0 bridgehead atoms. The summed E-state index contributed by atoms with van der Waals surface area (Å²) in [6.07, 6.45) is 10.4. The summed E-state index contributed by atoms with van der Waals surface area (Å²) in [7, 11) is 2.28. The normalized spacial score (nSPS) is 24.0. The van der Waals surface area contributed by atoms with Crippen molar-refractivity contribution < 1.29 is 4.74 Å². The van der Waals surface area contributed by atoms with Crippen LogP contribution in [0.25, 0.3) is 10.2 Å². The number of fused-ring (bicyclic) bond motifs is 3. The van der Waals surface area contributed by atoms with E-state index in [2.05, 4.69) is 23.8 Å². The van der Waals surface area contributed by atoms with E-state index in [1.54, 1.807) is 10.4 Å². The average molecular weight is 415 g/mol. The second-order valence-electron chi connectivity index (χ2n) is 9.29. The minimum atomic E-state index is 0.621. The van der Waals surface area contributed by atoms with E-state index in [9.17, 15) is 0 Å². The minimum Gasteiger partial charge on any atom is -0.379 e. The van der Waals surface area contributed by atoms with Crippen molar-refractivity contribution in [3.63, 3.8) is 0 Å². The van der Waals surface area contributed by atoms with Gasteiger partial charge in [0.25, 0.3) is 0 Å². The third-order valence-electron chi connectivity index (χ3n) is 7.11. The highest BCUT2D eigenvalue weighted by Gasteiger charge is 2.28. The molecule has 2 fully saturated rings. The van der Waals surface area contributed by atoms with E-state index >= 15 is 0 Å². The SMILES string of the molecule is CC1CCc2c(sc3nc(CN4CCOCC4)nc(N(C)C4CCCCC4)c23)C1. The Morgan fingerprint density at radius 1 is 1.10 bits per heavy atom. The van der Waals surface area contributed by atoms with E-state index in [-0.39, 0.29) is 0 Å². The third kappa shape index (κ3) is 4.04. The Balaban J connectivity index is 1.55. The molecule has 2 aromatic rings. The van der Waals surface area contributed by atoms with E-state index < -0.39 is 0 Å². The van der Waals surface area contributed by atoms with Gasteiger partial charge < -0.3 is 9.64 Å². The predicted octanol–water partition coefficient (Wildman–Crippen LogP) is 4.42. The Bertz CT molecular complexity index is 854. The van der Waals surface area contributed by atoms with Crippen LogP contribution in [0, 0.1) is 5.92 Å². The summed E-state index contributed by atoms with van der Waals surface area (Å²) in [4.78, 5) is 18.0. The fourth-order valence-electron chi connectivity index (χ4n) is 5.29. The lowest BCUT2D eigenvalue weighted by molar-refractivity contribution is 0.0331. The zero-order valence-electron chi connectivity index (χ0n) is 18.0. The second-order valence-corrected chi connectivity index (χ2v) is 10.4. The van der Waals surface area contributed by atoms with Gasteiger partial charge in [-0.3, -0.25) is 4.90 Å². The standard InChI is InChI=1S/C23H34N4OS/c1-16-8-9-18-19(14-16)29-23-21(18)22(26(2)17-6-4-3-5-7-17)24-20(25-23)15-27-10-12-28-13-11-27/h16-17H,3-15H2,1-2H3. The number of nitrogens with zero attached hydrogens (tertiary/aromatic N) is 4. The first-order valence-electron chi connectivity index (χ1n) is 11.5. The fraction of sp³-hybridized carbons (Fsp3) is 0.739. The molecule has 29 heavy (non-hydrogen) atoms. The minimum absolute atomic E-state index is 0.621. The molecule has 0 amide bonds. The van der Waals surface area contributed by atoms with Gasteiger partial charge in [0.2, 0.25) is 0 Å². The van der Waals surface area contributed by atoms with Crippen LogP contribution in [0.3, 0.4) is 0 Å². The molecule has 0 aromatic carbocycles. The van der Waals surface area contributed by atoms with Gasteiger partial charge >= 0.3 is 0 Å². The van der Waals surface area contributed by atoms with Crippen LogP contribution in [-0.2, 0) is 24.1 Å².